The lowest BCUT2D eigenvalue weighted by molar-refractivity contribution is 0.104. The fraction of sp³-hybridized carbons (Fsp3) is 0.353. The Hall–Kier alpha value is -3.43. The van der Waals surface area contributed by atoms with Crippen molar-refractivity contribution in [2.24, 2.45) is 21.1 Å². The van der Waals surface area contributed by atoms with Gasteiger partial charge in [-0.05, 0) is 12.5 Å². The number of fused-ring (bicyclic) bond motifs is 1. The molecule has 10 heteroatoms. The summed E-state index contributed by atoms with van der Waals surface area (Å²) in [5, 5.41) is 2.80. The van der Waals surface area contributed by atoms with Crippen molar-refractivity contribution >= 4 is 17.7 Å². The lowest BCUT2D eigenvalue weighted by Gasteiger charge is -2.11. The predicted octanol–water partition coefficient (Wildman–Crippen LogP) is -0.996. The molecule has 2 aromatic heterocycles. The third-order valence-electron chi connectivity index (χ3n) is 4.49. The Bertz CT molecular complexity index is 1240. The largest absolute Gasteiger partial charge is 0.338 e. The number of aryl methyl sites for hydroxylation is 1. The van der Waals surface area contributed by atoms with Crippen LogP contribution in [0.4, 0.5) is 5.82 Å². The van der Waals surface area contributed by atoms with Gasteiger partial charge in [0.1, 0.15) is 11.4 Å². The first kappa shape index (κ1) is 18.4. The van der Waals surface area contributed by atoms with E-state index in [4.69, 9.17) is 0 Å². The molecule has 1 aliphatic rings. The summed E-state index contributed by atoms with van der Waals surface area (Å²) < 4.78 is 4.36. The van der Waals surface area contributed by atoms with Crippen LogP contribution in [-0.4, -0.2) is 24.1 Å². The molecule has 0 aromatic carbocycles. The summed E-state index contributed by atoms with van der Waals surface area (Å²) in [6.45, 7) is 2.19. The highest BCUT2D eigenvalue weighted by molar-refractivity contribution is 6.19. The highest BCUT2D eigenvalue weighted by Crippen LogP contribution is 2.25. The predicted molar refractivity (Wildman–Crippen MR) is 99.1 cm³/mol. The number of carbonyl (C=O) groups is 1. The summed E-state index contributed by atoms with van der Waals surface area (Å²) in [7, 11) is 4.13. The number of Topliss-reactive ketones (excluding diaryl/α,β-unsaturated/α-hetero) is 1. The molecule has 0 saturated heterocycles. The van der Waals surface area contributed by atoms with E-state index in [1.807, 2.05) is 6.92 Å². The second-order valence-corrected chi connectivity index (χ2v) is 6.38. The molecule has 27 heavy (non-hydrogen) atoms. The number of carbonyl (C=O) groups excluding carboxylic acids is 1. The molecule has 1 aliphatic heterocycles. The van der Waals surface area contributed by atoms with Crippen LogP contribution >= 0.6 is 0 Å². The van der Waals surface area contributed by atoms with Crippen molar-refractivity contribution in [3.8, 4) is 0 Å². The molecular formula is C17H19N5O5. The molecular weight excluding hydrogens is 354 g/mol. The van der Waals surface area contributed by atoms with E-state index in [1.165, 1.54) is 42.6 Å². The molecule has 10 nitrogen and oxygen atoms in total. The van der Waals surface area contributed by atoms with Gasteiger partial charge in [0.15, 0.2) is 0 Å². The van der Waals surface area contributed by atoms with Crippen LogP contribution in [0.1, 0.15) is 29.3 Å². The number of anilines is 1. The van der Waals surface area contributed by atoms with Gasteiger partial charge in [0, 0.05) is 33.9 Å². The van der Waals surface area contributed by atoms with Crippen molar-refractivity contribution in [3.05, 3.63) is 64.7 Å². The SMILES string of the molecule is CCCn1c2c(c(=O)n(C)c1=O)C(=O)/C(=C/c1cn(C)c(=O)n(C)c1=O)N2. The van der Waals surface area contributed by atoms with E-state index in [0.29, 0.717) is 13.0 Å². The van der Waals surface area contributed by atoms with Gasteiger partial charge in [0.05, 0.1) is 11.3 Å². The minimum absolute atomic E-state index is 0.00620. The average Bonchev–Trinajstić information content (AvgIpc) is 2.96. The zero-order valence-corrected chi connectivity index (χ0v) is 15.4. The summed E-state index contributed by atoms with van der Waals surface area (Å²) >= 11 is 0. The minimum atomic E-state index is -0.698. The number of nitrogens with zero attached hydrogens (tertiary/aromatic N) is 4. The van der Waals surface area contributed by atoms with Gasteiger partial charge >= 0.3 is 11.4 Å². The first-order valence-corrected chi connectivity index (χ1v) is 8.33. The van der Waals surface area contributed by atoms with Crippen LogP contribution < -0.4 is 27.8 Å². The molecule has 0 radical (unpaired) electrons. The summed E-state index contributed by atoms with van der Waals surface area (Å²) in [4.78, 5) is 61.6. The second kappa shape index (κ2) is 6.38. The van der Waals surface area contributed by atoms with Crippen molar-refractivity contribution in [1.29, 1.82) is 0 Å². The zero-order valence-electron chi connectivity index (χ0n) is 15.4. The summed E-state index contributed by atoms with van der Waals surface area (Å²) in [6, 6.07) is 0. The minimum Gasteiger partial charge on any atom is -0.338 e. The van der Waals surface area contributed by atoms with Crippen molar-refractivity contribution < 1.29 is 4.79 Å². The van der Waals surface area contributed by atoms with Crippen molar-refractivity contribution in [3.63, 3.8) is 0 Å². The molecule has 2 aromatic rings. The Morgan fingerprint density at radius 1 is 0.963 bits per heavy atom. The maximum Gasteiger partial charge on any atom is 0.332 e. The molecule has 0 aliphatic carbocycles. The molecule has 0 unspecified atom stereocenters. The molecule has 0 atom stereocenters. The monoisotopic (exact) mass is 373 g/mol. The van der Waals surface area contributed by atoms with Gasteiger partial charge in [-0.1, -0.05) is 6.92 Å². The first-order chi connectivity index (χ1) is 12.7. The van der Waals surface area contributed by atoms with Gasteiger partial charge in [0.25, 0.3) is 11.1 Å². The van der Waals surface area contributed by atoms with E-state index >= 15 is 0 Å². The van der Waals surface area contributed by atoms with E-state index < -0.39 is 28.3 Å². The molecule has 0 saturated carbocycles. The van der Waals surface area contributed by atoms with Crippen molar-refractivity contribution in [2.45, 2.75) is 19.9 Å². The Kier molecular flexibility index (Phi) is 4.34. The average molecular weight is 373 g/mol. The molecule has 142 valence electrons. The van der Waals surface area contributed by atoms with E-state index in [9.17, 15) is 24.0 Å². The van der Waals surface area contributed by atoms with Gasteiger partial charge in [-0.3, -0.25) is 28.1 Å². The van der Waals surface area contributed by atoms with Crippen LogP contribution in [0.5, 0.6) is 0 Å². The maximum absolute atomic E-state index is 12.8. The molecule has 0 spiro atoms. The van der Waals surface area contributed by atoms with E-state index in [-0.39, 0.29) is 22.6 Å². The van der Waals surface area contributed by atoms with E-state index in [0.717, 1.165) is 9.13 Å². The number of hydrogen-bond donors (Lipinski definition) is 1. The van der Waals surface area contributed by atoms with Gasteiger partial charge < -0.3 is 9.88 Å². The quantitative estimate of drug-likeness (QED) is 0.690. The molecule has 0 bridgehead atoms. The van der Waals surface area contributed by atoms with E-state index in [2.05, 4.69) is 5.32 Å². The lowest BCUT2D eigenvalue weighted by Crippen LogP contribution is -2.40. The van der Waals surface area contributed by atoms with Crippen LogP contribution in [0.25, 0.3) is 6.08 Å². The second-order valence-electron chi connectivity index (χ2n) is 6.38. The van der Waals surface area contributed by atoms with Crippen molar-refractivity contribution in [2.75, 3.05) is 5.32 Å². The lowest BCUT2D eigenvalue weighted by atomic mass is 10.1. The summed E-state index contributed by atoms with van der Waals surface area (Å²) in [6.07, 6.45) is 3.22. The first-order valence-electron chi connectivity index (χ1n) is 8.33. The Balaban J connectivity index is 2.23. The fourth-order valence-corrected chi connectivity index (χ4v) is 3.04. The smallest absolute Gasteiger partial charge is 0.332 e. The standard InChI is InChI=1S/C17H19N5O5/c1-5-6-22-13-11(15(25)21(4)17(22)27)12(23)10(18-13)7-9-8-19(2)16(26)20(3)14(9)24/h7-8,18H,5-6H2,1-4H3/b10-7-. The van der Waals surface area contributed by atoms with Gasteiger partial charge in [-0.2, -0.15) is 0 Å². The fourth-order valence-electron chi connectivity index (χ4n) is 3.04. The number of rotatable bonds is 3. The Morgan fingerprint density at radius 2 is 1.59 bits per heavy atom. The molecule has 0 amide bonds. The Morgan fingerprint density at radius 3 is 2.22 bits per heavy atom. The van der Waals surface area contributed by atoms with Gasteiger partial charge in [-0.25, -0.2) is 9.59 Å². The highest BCUT2D eigenvalue weighted by Gasteiger charge is 2.32. The third kappa shape index (κ3) is 2.69. The number of aromatic nitrogens is 4. The van der Waals surface area contributed by atoms with Crippen LogP contribution in [0.2, 0.25) is 0 Å². The maximum atomic E-state index is 12.8. The molecule has 3 heterocycles. The summed E-state index contributed by atoms with van der Waals surface area (Å²) in [5.74, 6) is -0.478. The van der Waals surface area contributed by atoms with Crippen LogP contribution in [0, 0.1) is 0 Å². The summed E-state index contributed by atoms with van der Waals surface area (Å²) in [5.41, 5.74) is -2.34. The van der Waals surface area contributed by atoms with Crippen LogP contribution in [0.3, 0.4) is 0 Å². The van der Waals surface area contributed by atoms with Crippen molar-refractivity contribution in [1.82, 2.24) is 18.3 Å². The third-order valence-corrected chi connectivity index (χ3v) is 4.49. The topological polar surface area (TPSA) is 117 Å². The van der Waals surface area contributed by atoms with Crippen LogP contribution in [-0.2, 0) is 27.7 Å². The van der Waals surface area contributed by atoms with E-state index in [1.54, 1.807) is 0 Å². The highest BCUT2D eigenvalue weighted by atomic mass is 16.2. The molecule has 1 N–H and O–H groups in total. The number of allylic oxidation sites excluding steroid dienone is 1. The zero-order chi connectivity index (χ0) is 20.0. The molecule has 0 fully saturated rings. The Labute approximate surface area is 152 Å². The number of ketones is 1. The number of hydrogen-bond acceptors (Lipinski definition) is 6. The van der Waals surface area contributed by atoms with Gasteiger partial charge in [0.2, 0.25) is 5.78 Å². The van der Waals surface area contributed by atoms with Gasteiger partial charge in [-0.15, -0.1) is 0 Å². The van der Waals surface area contributed by atoms with Crippen LogP contribution in [0.15, 0.2) is 31.1 Å². The molecule has 3 rings (SSSR count). The normalized spacial score (nSPS) is 14.5. The number of nitrogens with one attached hydrogen (secondary N) is 1.